The molecule has 0 N–H and O–H groups in total. The Balaban J connectivity index is 1.91. The van der Waals surface area contributed by atoms with Gasteiger partial charge in [-0.2, -0.15) is 0 Å². The Morgan fingerprint density at radius 2 is 1.74 bits per heavy atom. The summed E-state index contributed by atoms with van der Waals surface area (Å²) in [6.45, 7) is 4.66. The van der Waals surface area contributed by atoms with Crippen molar-refractivity contribution in [1.29, 1.82) is 0 Å². The van der Waals surface area contributed by atoms with Gasteiger partial charge < -0.3 is 0 Å². The van der Waals surface area contributed by atoms with Crippen LogP contribution < -0.4 is 5.56 Å². The minimum Gasteiger partial charge on any atom is -0.288 e. The van der Waals surface area contributed by atoms with E-state index >= 15 is 0 Å². The highest BCUT2D eigenvalue weighted by Crippen LogP contribution is 2.34. The zero-order valence-corrected chi connectivity index (χ0v) is 20.3. The Hall–Kier alpha value is -2.54. The van der Waals surface area contributed by atoms with Crippen molar-refractivity contribution in [3.63, 3.8) is 0 Å². The van der Waals surface area contributed by atoms with Crippen molar-refractivity contribution >= 4 is 56.0 Å². The van der Waals surface area contributed by atoms with E-state index in [0.717, 1.165) is 35.6 Å². The predicted octanol–water partition coefficient (Wildman–Crippen LogP) is 7.14. The summed E-state index contributed by atoms with van der Waals surface area (Å²) < 4.78 is 5.69. The van der Waals surface area contributed by atoms with E-state index < -0.39 is 0 Å². The van der Waals surface area contributed by atoms with E-state index in [2.05, 4.69) is 64.5 Å². The highest BCUT2D eigenvalue weighted by molar-refractivity contribution is 9.10. The Kier molecular flexibility index (Phi) is 5.16. The average Bonchev–Trinajstić information content (AvgIpc) is 3.11. The number of para-hydroxylation sites is 1. The molecule has 0 spiro atoms. The number of halogens is 1. The number of hydrogen-bond donors (Lipinski definition) is 0. The van der Waals surface area contributed by atoms with Gasteiger partial charge in [-0.25, -0.2) is 0 Å². The zero-order valence-electron chi connectivity index (χ0n) is 17.1. The molecule has 0 saturated carbocycles. The van der Waals surface area contributed by atoms with Crippen LogP contribution in [0.4, 0.5) is 0 Å². The molecule has 0 radical (unpaired) electrons. The second-order valence-electron chi connectivity index (χ2n) is 7.70. The van der Waals surface area contributed by atoms with Gasteiger partial charge in [-0.15, -0.1) is 11.3 Å². The smallest absolute Gasteiger partial charge is 0.261 e. The number of thiazole rings is 1. The number of rotatable bonds is 3. The van der Waals surface area contributed by atoms with E-state index in [9.17, 15) is 4.79 Å². The van der Waals surface area contributed by atoms with Crippen molar-refractivity contribution in [2.24, 2.45) is 0 Å². The highest BCUT2D eigenvalue weighted by Gasteiger charge is 2.19. The van der Waals surface area contributed by atoms with Crippen LogP contribution in [0.5, 0.6) is 0 Å². The third-order valence-corrected chi connectivity index (χ3v) is 7.54. The maximum atomic E-state index is 13.7. The third-order valence-electron chi connectivity index (χ3n) is 5.60. The lowest BCUT2D eigenvalue weighted by Crippen LogP contribution is -2.24. The van der Waals surface area contributed by atoms with E-state index in [-0.39, 0.29) is 5.56 Å². The van der Waals surface area contributed by atoms with Gasteiger partial charge in [-0.3, -0.25) is 13.8 Å². The minimum absolute atomic E-state index is 0.00247. The molecular weight excluding hydrogens is 488 g/mol. The summed E-state index contributed by atoms with van der Waals surface area (Å²) in [6, 6.07) is 22.3. The van der Waals surface area contributed by atoms with Crippen molar-refractivity contribution < 1.29 is 0 Å². The van der Waals surface area contributed by atoms with Gasteiger partial charge in [0.2, 0.25) is 0 Å². The van der Waals surface area contributed by atoms with Gasteiger partial charge in [0.25, 0.3) is 5.56 Å². The SMILES string of the molecule is Cc1ccc(C)c(Cn2c(=O)c3ccccc3n3c(=S)sc(-c4ccc(Br)cc4)c23)c1. The molecule has 0 amide bonds. The summed E-state index contributed by atoms with van der Waals surface area (Å²) in [6.07, 6.45) is 0. The molecule has 0 atom stereocenters. The molecule has 3 nitrogen and oxygen atoms in total. The van der Waals surface area contributed by atoms with Crippen molar-refractivity contribution in [2.45, 2.75) is 20.4 Å². The van der Waals surface area contributed by atoms with Crippen LogP contribution >= 0.6 is 39.5 Å². The second kappa shape index (κ2) is 7.86. The summed E-state index contributed by atoms with van der Waals surface area (Å²) in [4.78, 5) is 14.7. The number of benzene rings is 3. The van der Waals surface area contributed by atoms with Crippen LogP contribution in [-0.4, -0.2) is 8.97 Å². The lowest BCUT2D eigenvalue weighted by atomic mass is 10.1. The van der Waals surface area contributed by atoms with Crippen molar-refractivity contribution in [1.82, 2.24) is 8.97 Å². The van der Waals surface area contributed by atoms with Crippen LogP contribution in [0.25, 0.3) is 27.0 Å². The maximum Gasteiger partial charge on any atom is 0.261 e. The molecule has 0 aliphatic rings. The van der Waals surface area contributed by atoms with Crippen LogP contribution in [-0.2, 0) is 6.54 Å². The number of hydrogen-bond acceptors (Lipinski definition) is 3. The fraction of sp³-hybridized carbons (Fsp3) is 0.120. The number of aryl methyl sites for hydroxylation is 2. The average molecular weight is 507 g/mol. The first-order valence-corrected chi connectivity index (χ1v) is 11.9. The molecule has 0 fully saturated rings. The van der Waals surface area contributed by atoms with Gasteiger partial charge in [-0.1, -0.05) is 64.0 Å². The van der Waals surface area contributed by atoms with Gasteiger partial charge >= 0.3 is 0 Å². The monoisotopic (exact) mass is 506 g/mol. The molecule has 5 rings (SSSR count). The topological polar surface area (TPSA) is 26.4 Å². The summed E-state index contributed by atoms with van der Waals surface area (Å²) in [7, 11) is 0. The standard InChI is InChI=1S/C25H19BrN2OS2/c1-15-7-8-16(2)18(13-15)14-27-23-22(17-9-11-19(26)12-10-17)31-25(30)28(23)21-6-4-3-5-20(21)24(27)29/h3-13H,14H2,1-2H3. The molecule has 5 aromatic rings. The zero-order chi connectivity index (χ0) is 21.7. The van der Waals surface area contributed by atoms with E-state index in [1.807, 2.05) is 41.0 Å². The predicted molar refractivity (Wildman–Crippen MR) is 136 cm³/mol. The summed E-state index contributed by atoms with van der Waals surface area (Å²) >= 11 is 10.9. The lowest BCUT2D eigenvalue weighted by Gasteiger charge is -2.15. The molecule has 0 aliphatic heterocycles. The van der Waals surface area contributed by atoms with Crippen LogP contribution in [0.2, 0.25) is 0 Å². The molecule has 0 saturated heterocycles. The van der Waals surface area contributed by atoms with Gasteiger partial charge in [-0.05, 0) is 67.0 Å². The first-order chi connectivity index (χ1) is 14.9. The van der Waals surface area contributed by atoms with Crippen molar-refractivity contribution in [3.8, 4) is 10.4 Å². The molecule has 3 aromatic carbocycles. The maximum absolute atomic E-state index is 13.7. The van der Waals surface area contributed by atoms with E-state index in [0.29, 0.717) is 11.9 Å². The normalized spacial score (nSPS) is 11.5. The van der Waals surface area contributed by atoms with Gasteiger partial charge in [0.15, 0.2) is 3.95 Å². The minimum atomic E-state index is 0.00247. The van der Waals surface area contributed by atoms with Crippen LogP contribution in [0.1, 0.15) is 16.7 Å². The molecule has 6 heteroatoms. The molecule has 0 aliphatic carbocycles. The van der Waals surface area contributed by atoms with E-state index in [1.165, 1.54) is 11.1 Å². The summed E-state index contributed by atoms with van der Waals surface area (Å²) in [5, 5.41) is 0.677. The first-order valence-electron chi connectivity index (χ1n) is 9.93. The van der Waals surface area contributed by atoms with Crippen LogP contribution in [0.15, 0.2) is 76.0 Å². The molecule has 31 heavy (non-hydrogen) atoms. The number of nitrogens with zero attached hydrogens (tertiary/aromatic N) is 2. The summed E-state index contributed by atoms with van der Waals surface area (Å²) in [5.74, 6) is 0. The van der Waals surface area contributed by atoms with Crippen LogP contribution in [0, 0.1) is 17.8 Å². The fourth-order valence-electron chi connectivity index (χ4n) is 3.99. The fourth-order valence-corrected chi connectivity index (χ4v) is 5.69. The van der Waals surface area contributed by atoms with E-state index in [4.69, 9.17) is 12.2 Å². The lowest BCUT2D eigenvalue weighted by molar-refractivity contribution is 0.775. The number of fused-ring (bicyclic) bond motifs is 3. The van der Waals surface area contributed by atoms with Gasteiger partial charge in [0, 0.05) is 4.47 Å². The molecular formula is C25H19BrN2OS2. The highest BCUT2D eigenvalue weighted by atomic mass is 79.9. The van der Waals surface area contributed by atoms with Crippen LogP contribution in [0.3, 0.4) is 0 Å². The Bertz CT molecular complexity index is 1580. The first kappa shape index (κ1) is 20.4. The van der Waals surface area contributed by atoms with Crippen molar-refractivity contribution in [2.75, 3.05) is 0 Å². The summed E-state index contributed by atoms with van der Waals surface area (Å²) in [5.41, 5.74) is 6.24. The molecule has 154 valence electrons. The molecule has 0 unspecified atom stereocenters. The largest absolute Gasteiger partial charge is 0.288 e. The number of aromatic nitrogens is 2. The Labute approximate surface area is 197 Å². The van der Waals surface area contributed by atoms with Gasteiger partial charge in [0.1, 0.15) is 5.65 Å². The second-order valence-corrected chi connectivity index (χ2v) is 10.3. The van der Waals surface area contributed by atoms with Gasteiger partial charge in [0.05, 0.1) is 22.3 Å². The molecule has 2 heterocycles. The Morgan fingerprint density at radius 3 is 2.52 bits per heavy atom. The van der Waals surface area contributed by atoms with E-state index in [1.54, 1.807) is 11.3 Å². The molecule has 2 aromatic heterocycles. The molecule has 0 bridgehead atoms. The quantitative estimate of drug-likeness (QED) is 0.243. The van der Waals surface area contributed by atoms with Crippen molar-refractivity contribution in [3.05, 3.63) is 102 Å². The Morgan fingerprint density at radius 1 is 1.00 bits per heavy atom. The third kappa shape index (κ3) is 3.49.